The van der Waals surface area contributed by atoms with Gasteiger partial charge in [0.1, 0.15) is 5.75 Å². The molecule has 2 rings (SSSR count). The lowest BCUT2D eigenvalue weighted by atomic mass is 10.1. The Bertz CT molecular complexity index is 402. The summed E-state index contributed by atoms with van der Waals surface area (Å²) < 4.78 is 5.12. The van der Waals surface area contributed by atoms with E-state index in [1.165, 1.54) is 0 Å². The number of benzene rings is 1. The van der Waals surface area contributed by atoms with E-state index in [2.05, 4.69) is 10.6 Å². The third-order valence-electron chi connectivity index (χ3n) is 3.41. The van der Waals surface area contributed by atoms with E-state index in [1.54, 1.807) is 7.11 Å². The molecule has 19 heavy (non-hydrogen) atoms. The van der Waals surface area contributed by atoms with Crippen molar-refractivity contribution >= 4 is 18.3 Å². The first-order valence-electron chi connectivity index (χ1n) is 6.35. The fraction of sp³-hybridized carbons (Fsp3) is 0.500. The lowest BCUT2D eigenvalue weighted by molar-refractivity contribution is -0.125. The van der Waals surface area contributed by atoms with Crippen molar-refractivity contribution in [3.05, 3.63) is 29.8 Å². The fourth-order valence-electron chi connectivity index (χ4n) is 2.19. The van der Waals surface area contributed by atoms with Crippen LogP contribution < -0.4 is 15.4 Å². The summed E-state index contributed by atoms with van der Waals surface area (Å²) in [6, 6.07) is 7.82. The van der Waals surface area contributed by atoms with E-state index in [-0.39, 0.29) is 30.3 Å². The maximum Gasteiger partial charge on any atom is 0.224 e. The molecule has 1 aromatic carbocycles. The van der Waals surface area contributed by atoms with Crippen LogP contribution in [-0.2, 0) is 4.79 Å². The number of ether oxygens (including phenoxy) is 1. The highest BCUT2D eigenvalue weighted by atomic mass is 35.5. The van der Waals surface area contributed by atoms with Gasteiger partial charge >= 0.3 is 0 Å². The first kappa shape index (κ1) is 15.8. The first-order chi connectivity index (χ1) is 8.70. The standard InChI is InChI=1S/C14H20N2O2.ClH/c1-10(11-3-5-13(18-2)6-4-11)16-14(17)12-7-8-15-9-12;/h3-6,10,12,15H,7-9H2,1-2H3,(H,16,17);1H. The zero-order chi connectivity index (χ0) is 13.0. The topological polar surface area (TPSA) is 50.4 Å². The Morgan fingerprint density at radius 2 is 2.11 bits per heavy atom. The summed E-state index contributed by atoms with van der Waals surface area (Å²) in [7, 11) is 1.65. The number of amides is 1. The molecule has 5 heteroatoms. The van der Waals surface area contributed by atoms with E-state index in [1.807, 2.05) is 31.2 Å². The van der Waals surface area contributed by atoms with Crippen molar-refractivity contribution in [3.8, 4) is 5.75 Å². The molecular weight excluding hydrogens is 264 g/mol. The van der Waals surface area contributed by atoms with Crippen molar-refractivity contribution in [2.45, 2.75) is 19.4 Å². The summed E-state index contributed by atoms with van der Waals surface area (Å²) in [5.41, 5.74) is 1.09. The zero-order valence-corrected chi connectivity index (χ0v) is 12.1. The Hall–Kier alpha value is -1.26. The highest BCUT2D eigenvalue weighted by Crippen LogP contribution is 2.18. The Balaban J connectivity index is 0.00000180. The van der Waals surface area contributed by atoms with E-state index in [0.29, 0.717) is 0 Å². The molecule has 1 amide bonds. The largest absolute Gasteiger partial charge is 0.497 e. The predicted molar refractivity (Wildman–Crippen MR) is 77.8 cm³/mol. The highest BCUT2D eigenvalue weighted by Gasteiger charge is 2.23. The summed E-state index contributed by atoms with van der Waals surface area (Å²) in [4.78, 5) is 12.0. The molecule has 2 N–H and O–H groups in total. The molecule has 1 aromatic rings. The van der Waals surface area contributed by atoms with Crippen LogP contribution >= 0.6 is 12.4 Å². The van der Waals surface area contributed by atoms with E-state index in [4.69, 9.17) is 4.74 Å². The molecule has 2 atom stereocenters. The number of carbonyl (C=O) groups is 1. The number of halogens is 1. The molecule has 0 aliphatic carbocycles. The van der Waals surface area contributed by atoms with Crippen LogP contribution in [0.25, 0.3) is 0 Å². The molecule has 0 aromatic heterocycles. The Morgan fingerprint density at radius 3 is 2.63 bits per heavy atom. The second-order valence-corrected chi connectivity index (χ2v) is 4.69. The van der Waals surface area contributed by atoms with Crippen molar-refractivity contribution in [3.63, 3.8) is 0 Å². The third-order valence-corrected chi connectivity index (χ3v) is 3.41. The van der Waals surface area contributed by atoms with Crippen molar-refractivity contribution in [1.82, 2.24) is 10.6 Å². The summed E-state index contributed by atoms with van der Waals surface area (Å²) >= 11 is 0. The quantitative estimate of drug-likeness (QED) is 0.888. The Kier molecular flexibility index (Phi) is 6.12. The Labute approximate surface area is 120 Å². The molecule has 0 radical (unpaired) electrons. The van der Waals surface area contributed by atoms with E-state index >= 15 is 0 Å². The van der Waals surface area contributed by atoms with Crippen LogP contribution in [-0.4, -0.2) is 26.1 Å². The van der Waals surface area contributed by atoms with Gasteiger partial charge in [-0.3, -0.25) is 4.79 Å². The average Bonchev–Trinajstić information content (AvgIpc) is 2.92. The van der Waals surface area contributed by atoms with Gasteiger partial charge in [-0.2, -0.15) is 0 Å². The zero-order valence-electron chi connectivity index (χ0n) is 11.3. The van der Waals surface area contributed by atoms with Gasteiger partial charge in [0.15, 0.2) is 0 Å². The SMILES string of the molecule is COc1ccc(C(C)NC(=O)C2CCNC2)cc1.Cl. The van der Waals surface area contributed by atoms with Crippen LogP contribution in [0.15, 0.2) is 24.3 Å². The maximum atomic E-state index is 12.0. The van der Waals surface area contributed by atoms with Crippen LogP contribution in [0.5, 0.6) is 5.75 Å². The predicted octanol–water partition coefficient (Wildman–Crippen LogP) is 1.90. The second-order valence-electron chi connectivity index (χ2n) is 4.69. The molecule has 0 spiro atoms. The number of rotatable bonds is 4. The van der Waals surface area contributed by atoms with Crippen LogP contribution in [0.3, 0.4) is 0 Å². The molecule has 106 valence electrons. The van der Waals surface area contributed by atoms with Gasteiger partial charge in [-0.25, -0.2) is 0 Å². The van der Waals surface area contributed by atoms with Crippen LogP contribution in [0.4, 0.5) is 0 Å². The van der Waals surface area contributed by atoms with Crippen LogP contribution in [0.2, 0.25) is 0 Å². The Morgan fingerprint density at radius 1 is 1.42 bits per heavy atom. The van der Waals surface area contributed by atoms with E-state index < -0.39 is 0 Å². The monoisotopic (exact) mass is 284 g/mol. The van der Waals surface area contributed by atoms with Gasteiger partial charge in [0.05, 0.1) is 19.1 Å². The normalized spacial score (nSPS) is 19.4. The third kappa shape index (κ3) is 4.11. The summed E-state index contributed by atoms with van der Waals surface area (Å²) in [5, 5.41) is 6.26. The van der Waals surface area contributed by atoms with Gasteiger partial charge in [0.2, 0.25) is 5.91 Å². The van der Waals surface area contributed by atoms with Crippen LogP contribution in [0, 0.1) is 5.92 Å². The number of nitrogens with one attached hydrogen (secondary N) is 2. The summed E-state index contributed by atoms with van der Waals surface area (Å²) in [6.45, 7) is 3.73. The molecular formula is C14H21ClN2O2. The number of methoxy groups -OCH3 is 1. The second kappa shape index (κ2) is 7.36. The lowest BCUT2D eigenvalue weighted by Gasteiger charge is -2.17. The van der Waals surface area contributed by atoms with Gasteiger partial charge in [-0.05, 0) is 37.6 Å². The number of carbonyl (C=O) groups excluding carboxylic acids is 1. The molecule has 1 aliphatic rings. The minimum atomic E-state index is 0. The smallest absolute Gasteiger partial charge is 0.224 e. The minimum Gasteiger partial charge on any atom is -0.497 e. The molecule has 1 heterocycles. The molecule has 0 bridgehead atoms. The minimum absolute atomic E-state index is 0. The van der Waals surface area contributed by atoms with Gasteiger partial charge < -0.3 is 15.4 Å². The molecule has 1 aliphatic heterocycles. The molecule has 1 fully saturated rings. The van der Waals surface area contributed by atoms with Crippen LogP contribution in [0.1, 0.15) is 24.9 Å². The number of hydrogen-bond acceptors (Lipinski definition) is 3. The summed E-state index contributed by atoms with van der Waals surface area (Å²) in [5.74, 6) is 1.09. The maximum absolute atomic E-state index is 12.0. The molecule has 4 nitrogen and oxygen atoms in total. The molecule has 2 unspecified atom stereocenters. The van der Waals surface area contributed by atoms with E-state index in [0.717, 1.165) is 30.8 Å². The van der Waals surface area contributed by atoms with Crippen molar-refractivity contribution in [1.29, 1.82) is 0 Å². The van der Waals surface area contributed by atoms with Crippen molar-refractivity contribution < 1.29 is 9.53 Å². The average molecular weight is 285 g/mol. The van der Waals surface area contributed by atoms with Gasteiger partial charge in [-0.1, -0.05) is 12.1 Å². The first-order valence-corrected chi connectivity index (χ1v) is 6.35. The summed E-state index contributed by atoms with van der Waals surface area (Å²) in [6.07, 6.45) is 0.932. The highest BCUT2D eigenvalue weighted by molar-refractivity contribution is 5.85. The van der Waals surface area contributed by atoms with Crippen molar-refractivity contribution in [2.24, 2.45) is 5.92 Å². The molecule has 0 saturated carbocycles. The van der Waals surface area contributed by atoms with Gasteiger partial charge in [0.25, 0.3) is 0 Å². The van der Waals surface area contributed by atoms with Crippen molar-refractivity contribution in [2.75, 3.05) is 20.2 Å². The van der Waals surface area contributed by atoms with Gasteiger partial charge in [-0.15, -0.1) is 12.4 Å². The fourth-order valence-corrected chi connectivity index (χ4v) is 2.19. The van der Waals surface area contributed by atoms with E-state index in [9.17, 15) is 4.79 Å². The number of hydrogen-bond donors (Lipinski definition) is 2. The molecule has 1 saturated heterocycles. The van der Waals surface area contributed by atoms with Gasteiger partial charge in [0, 0.05) is 6.54 Å². The lowest BCUT2D eigenvalue weighted by Crippen LogP contribution is -2.33.